The number of allylic oxidation sites excluding steroid dienone is 6. The summed E-state index contributed by atoms with van der Waals surface area (Å²) in [5, 5.41) is 10.8. The van der Waals surface area contributed by atoms with Crippen LogP contribution in [-0.2, 0) is 9.84 Å². The summed E-state index contributed by atoms with van der Waals surface area (Å²) in [6.07, 6.45) is 5.62. The van der Waals surface area contributed by atoms with Crippen molar-refractivity contribution < 1.29 is 13.3 Å². The predicted molar refractivity (Wildman–Crippen MR) is 76.6 cm³/mol. The highest BCUT2D eigenvalue weighted by atomic mass is 32.2. The molecule has 0 saturated carbocycles. The topological polar surface area (TPSA) is 77.3 Å². The van der Waals surface area contributed by atoms with Crippen molar-refractivity contribution in [2.75, 3.05) is 0 Å². The van der Waals surface area contributed by atoms with E-state index in [1.165, 1.54) is 19.1 Å². The van der Waals surface area contributed by atoms with Gasteiger partial charge in [0.2, 0.25) is 9.84 Å². The molecule has 0 rings (SSSR count). The Bertz CT molecular complexity index is 574. The molecule has 0 atom stereocenters. The highest BCUT2D eigenvalue weighted by Gasteiger charge is 2.20. The van der Waals surface area contributed by atoms with E-state index in [0.29, 0.717) is 5.57 Å². The van der Waals surface area contributed by atoms with Crippen molar-refractivity contribution in [3.05, 3.63) is 55.5 Å². The largest absolute Gasteiger partial charge is 0.269 e. The molecule has 106 valence electrons. The van der Waals surface area contributed by atoms with E-state index < -0.39 is 14.8 Å². The van der Waals surface area contributed by atoms with Crippen molar-refractivity contribution in [2.45, 2.75) is 34.6 Å². The van der Waals surface area contributed by atoms with E-state index in [0.717, 1.165) is 6.08 Å². The smallest absolute Gasteiger partial charge is 0.258 e. The summed E-state index contributed by atoms with van der Waals surface area (Å²) in [7, 11) is -3.68. The molecule has 0 saturated heterocycles. The first kappa shape index (κ1) is 17.3. The molecular formula is C13H19NO4S. The number of nitrogens with zero attached hydrogens (tertiary/aromatic N) is 1. The van der Waals surface area contributed by atoms with Gasteiger partial charge in [-0.05, 0) is 40.7 Å². The Morgan fingerprint density at radius 1 is 1.16 bits per heavy atom. The van der Waals surface area contributed by atoms with Gasteiger partial charge in [0.15, 0.2) is 0 Å². The standard InChI is InChI=1S/C13H19NO4S/c1-6-8-12(7-2)19(17,18)11(5)9-13(10(3)4)14(15)16/h6-9H,1-5H3/b8-6-,11-9+,12-7+. The minimum atomic E-state index is -3.68. The van der Waals surface area contributed by atoms with Crippen molar-refractivity contribution in [3.63, 3.8) is 0 Å². The van der Waals surface area contributed by atoms with Crippen molar-refractivity contribution >= 4 is 9.84 Å². The minimum absolute atomic E-state index is 0.0494. The van der Waals surface area contributed by atoms with Crippen molar-refractivity contribution in [2.24, 2.45) is 0 Å². The molecule has 0 fully saturated rings. The molecule has 0 radical (unpaired) electrons. The highest BCUT2D eigenvalue weighted by molar-refractivity contribution is 7.99. The average Bonchev–Trinajstić information content (AvgIpc) is 2.31. The maximum atomic E-state index is 12.2. The number of rotatable bonds is 5. The van der Waals surface area contributed by atoms with E-state index in [1.807, 2.05) is 0 Å². The van der Waals surface area contributed by atoms with E-state index >= 15 is 0 Å². The Kier molecular flexibility index (Phi) is 6.41. The summed E-state index contributed by atoms with van der Waals surface area (Å²) in [5.41, 5.74) is 0.254. The molecule has 0 bridgehead atoms. The Hall–Kier alpha value is -1.69. The van der Waals surface area contributed by atoms with Crippen LogP contribution >= 0.6 is 0 Å². The average molecular weight is 285 g/mol. The molecule has 0 aromatic rings. The van der Waals surface area contributed by atoms with Gasteiger partial charge in [0, 0.05) is 11.6 Å². The molecule has 0 aromatic heterocycles. The van der Waals surface area contributed by atoms with Gasteiger partial charge in [0.05, 0.1) is 14.7 Å². The second kappa shape index (κ2) is 7.04. The van der Waals surface area contributed by atoms with Gasteiger partial charge in [0.1, 0.15) is 0 Å². The normalized spacial score (nSPS) is 13.7. The van der Waals surface area contributed by atoms with Gasteiger partial charge in [-0.2, -0.15) is 0 Å². The lowest BCUT2D eigenvalue weighted by molar-refractivity contribution is -0.420. The monoisotopic (exact) mass is 285 g/mol. The summed E-state index contributed by atoms with van der Waals surface area (Å²) in [6, 6.07) is 0. The molecule has 6 heteroatoms. The van der Waals surface area contributed by atoms with Crippen molar-refractivity contribution in [1.29, 1.82) is 0 Å². The van der Waals surface area contributed by atoms with Crippen LogP contribution in [0.15, 0.2) is 45.4 Å². The van der Waals surface area contributed by atoms with Gasteiger partial charge in [-0.15, -0.1) is 0 Å². The third-order valence-electron chi connectivity index (χ3n) is 2.40. The summed E-state index contributed by atoms with van der Waals surface area (Å²) in [4.78, 5) is 10.3. The van der Waals surface area contributed by atoms with Crippen LogP contribution in [0.1, 0.15) is 34.6 Å². The van der Waals surface area contributed by atoms with Gasteiger partial charge in [-0.3, -0.25) is 10.1 Å². The fourth-order valence-corrected chi connectivity index (χ4v) is 2.60. The first-order valence-electron chi connectivity index (χ1n) is 5.72. The van der Waals surface area contributed by atoms with Crippen LogP contribution in [0.2, 0.25) is 0 Å². The SMILES string of the molecule is C/C=C\C(=C/C)S(=O)(=O)/C(C)=C/C(=C(C)C)[N+](=O)[O-]. The van der Waals surface area contributed by atoms with E-state index in [2.05, 4.69) is 0 Å². The highest BCUT2D eigenvalue weighted by Crippen LogP contribution is 2.21. The second-order valence-corrected chi connectivity index (χ2v) is 6.21. The van der Waals surface area contributed by atoms with Crippen molar-refractivity contribution in [1.82, 2.24) is 0 Å². The summed E-state index contributed by atoms with van der Waals surface area (Å²) < 4.78 is 24.4. The molecule has 0 aliphatic rings. The third-order valence-corrected chi connectivity index (χ3v) is 4.36. The lowest BCUT2D eigenvalue weighted by Crippen LogP contribution is -2.06. The summed E-state index contributed by atoms with van der Waals surface area (Å²) >= 11 is 0. The zero-order valence-corrected chi connectivity index (χ0v) is 12.6. The summed E-state index contributed by atoms with van der Waals surface area (Å²) in [5.74, 6) is 0. The van der Waals surface area contributed by atoms with E-state index in [9.17, 15) is 18.5 Å². The van der Waals surface area contributed by atoms with Gasteiger partial charge in [0.25, 0.3) is 5.70 Å². The van der Waals surface area contributed by atoms with Gasteiger partial charge in [-0.25, -0.2) is 8.42 Å². The zero-order chi connectivity index (χ0) is 15.2. The van der Waals surface area contributed by atoms with E-state index in [1.54, 1.807) is 33.8 Å². The molecule has 0 unspecified atom stereocenters. The van der Waals surface area contributed by atoms with Crippen LogP contribution in [0.4, 0.5) is 0 Å². The molecule has 0 heterocycles. The number of nitro groups is 1. The zero-order valence-electron chi connectivity index (χ0n) is 11.8. The number of hydrogen-bond donors (Lipinski definition) is 0. The van der Waals surface area contributed by atoms with Crippen LogP contribution < -0.4 is 0 Å². The minimum Gasteiger partial charge on any atom is -0.258 e. The Morgan fingerprint density at radius 2 is 1.68 bits per heavy atom. The van der Waals surface area contributed by atoms with Gasteiger partial charge < -0.3 is 0 Å². The maximum Gasteiger partial charge on any atom is 0.269 e. The van der Waals surface area contributed by atoms with Gasteiger partial charge >= 0.3 is 0 Å². The van der Waals surface area contributed by atoms with Crippen molar-refractivity contribution in [3.8, 4) is 0 Å². The molecule has 0 aromatic carbocycles. The second-order valence-electron chi connectivity index (χ2n) is 4.09. The fourth-order valence-electron chi connectivity index (χ4n) is 1.34. The van der Waals surface area contributed by atoms with E-state index in [-0.39, 0.29) is 15.5 Å². The van der Waals surface area contributed by atoms with Gasteiger partial charge in [-0.1, -0.05) is 12.2 Å². The molecule has 19 heavy (non-hydrogen) atoms. The first-order chi connectivity index (χ1) is 8.68. The van der Waals surface area contributed by atoms with Crippen LogP contribution in [0.5, 0.6) is 0 Å². The third kappa shape index (κ3) is 4.48. The Morgan fingerprint density at radius 3 is 2.00 bits per heavy atom. The van der Waals surface area contributed by atoms with E-state index in [4.69, 9.17) is 0 Å². The Labute approximate surface area is 114 Å². The van der Waals surface area contributed by atoms with Crippen LogP contribution in [0.3, 0.4) is 0 Å². The first-order valence-corrected chi connectivity index (χ1v) is 7.21. The molecule has 5 nitrogen and oxygen atoms in total. The Balaban J connectivity index is 5.85. The van der Waals surface area contributed by atoms with Crippen LogP contribution in [-0.4, -0.2) is 13.3 Å². The fraction of sp³-hybridized carbons (Fsp3) is 0.385. The molecule has 0 aliphatic heterocycles. The maximum absolute atomic E-state index is 12.2. The quantitative estimate of drug-likeness (QED) is 0.441. The predicted octanol–water partition coefficient (Wildman–Crippen LogP) is 3.36. The number of hydrogen-bond acceptors (Lipinski definition) is 4. The lowest BCUT2D eigenvalue weighted by atomic mass is 10.2. The molecule has 0 N–H and O–H groups in total. The lowest BCUT2D eigenvalue weighted by Gasteiger charge is -2.05. The summed E-state index contributed by atoms with van der Waals surface area (Å²) in [6.45, 7) is 7.80. The van der Waals surface area contributed by atoms with Crippen LogP contribution in [0.25, 0.3) is 0 Å². The van der Waals surface area contributed by atoms with Crippen LogP contribution in [0, 0.1) is 10.1 Å². The molecule has 0 aliphatic carbocycles. The molecule has 0 amide bonds. The number of sulfone groups is 1. The molecular weight excluding hydrogens is 266 g/mol. The molecule has 0 spiro atoms.